The van der Waals surface area contributed by atoms with Crippen molar-refractivity contribution in [2.45, 2.75) is 58.9 Å². The average Bonchev–Trinajstić information content (AvgIpc) is 2.95. The number of aliphatic hydroxyl groups excluding tert-OH is 1. The summed E-state index contributed by atoms with van der Waals surface area (Å²) in [6.07, 6.45) is 8.77. The molecule has 0 aliphatic carbocycles. The predicted molar refractivity (Wildman–Crippen MR) is 110 cm³/mol. The van der Waals surface area contributed by atoms with Gasteiger partial charge in [-0.3, -0.25) is 14.6 Å². The Kier molecular flexibility index (Phi) is 8.64. The lowest BCUT2D eigenvalue weighted by Gasteiger charge is -2.28. The predicted octanol–water partition coefficient (Wildman–Crippen LogP) is 3.66. The number of aliphatic hydroxyl groups is 1. The van der Waals surface area contributed by atoms with Gasteiger partial charge in [-0.15, -0.1) is 0 Å². The van der Waals surface area contributed by atoms with E-state index in [4.69, 9.17) is 0 Å². The van der Waals surface area contributed by atoms with E-state index in [1.165, 1.54) is 19.8 Å². The van der Waals surface area contributed by atoms with E-state index < -0.39 is 17.7 Å². The molecule has 154 valence electrons. The molecule has 0 radical (unpaired) electrons. The van der Waals surface area contributed by atoms with Crippen LogP contribution < -0.4 is 0 Å². The molecule has 1 atom stereocenters. The van der Waals surface area contributed by atoms with Gasteiger partial charge in [0.05, 0.1) is 11.6 Å². The van der Waals surface area contributed by atoms with Crippen molar-refractivity contribution in [1.29, 1.82) is 0 Å². The van der Waals surface area contributed by atoms with E-state index in [0.717, 1.165) is 44.5 Å². The van der Waals surface area contributed by atoms with E-state index in [1.807, 2.05) is 6.07 Å². The van der Waals surface area contributed by atoms with Crippen LogP contribution in [0.3, 0.4) is 0 Å². The van der Waals surface area contributed by atoms with Crippen LogP contribution in [0.1, 0.15) is 64.5 Å². The van der Waals surface area contributed by atoms with E-state index >= 15 is 0 Å². The van der Waals surface area contributed by atoms with E-state index in [9.17, 15) is 14.7 Å². The molecule has 2 rings (SSSR count). The maximum Gasteiger partial charge on any atom is 0.290 e. The zero-order valence-corrected chi connectivity index (χ0v) is 17.4. The summed E-state index contributed by atoms with van der Waals surface area (Å²) in [5, 5.41) is 10.3. The molecular formula is C22H33N3O3. The van der Waals surface area contributed by atoms with Crippen LogP contribution in [-0.2, 0) is 9.59 Å². The number of pyridine rings is 1. The normalized spacial score (nSPS) is 17.1. The van der Waals surface area contributed by atoms with Crippen molar-refractivity contribution < 1.29 is 14.7 Å². The molecule has 0 unspecified atom stereocenters. The summed E-state index contributed by atoms with van der Waals surface area (Å²) in [5.41, 5.74) is 0.922. The Balaban J connectivity index is 2.10. The summed E-state index contributed by atoms with van der Waals surface area (Å²) in [4.78, 5) is 33.0. The summed E-state index contributed by atoms with van der Waals surface area (Å²) in [5.74, 6) is -1.17. The number of carbonyl (C=O) groups excluding carboxylic acids is 2. The molecule has 2 heterocycles. The first-order chi connectivity index (χ1) is 13.5. The molecule has 1 aliphatic heterocycles. The number of rotatable bonds is 12. The number of amides is 1. The number of carbonyl (C=O) groups is 2. The van der Waals surface area contributed by atoms with Crippen LogP contribution in [0.25, 0.3) is 0 Å². The van der Waals surface area contributed by atoms with Gasteiger partial charge < -0.3 is 14.9 Å². The minimum atomic E-state index is -0.557. The fraction of sp³-hybridized carbons (Fsp3) is 0.591. The van der Waals surface area contributed by atoms with Crippen LogP contribution in [0, 0.1) is 0 Å². The summed E-state index contributed by atoms with van der Waals surface area (Å²) in [6.45, 7) is 9.31. The Labute approximate surface area is 168 Å². The van der Waals surface area contributed by atoms with Gasteiger partial charge in [0.2, 0.25) is 0 Å². The second-order valence-electron chi connectivity index (χ2n) is 7.41. The standard InChI is InChI=1S/C22H33N3O3/c1-4-6-12-24(13-7-5-2)14-9-15-25-20(18-10-8-11-23-16-18)19(17(3)26)21(27)22(25)28/h8,10-11,16,20,27H,4-7,9,12-15H2,1-3H3/t20-/m0/s1. The Morgan fingerprint density at radius 2 is 1.82 bits per heavy atom. The van der Waals surface area contributed by atoms with Gasteiger partial charge in [-0.25, -0.2) is 0 Å². The van der Waals surface area contributed by atoms with E-state index in [2.05, 4.69) is 23.7 Å². The van der Waals surface area contributed by atoms with Crippen LogP contribution >= 0.6 is 0 Å². The maximum absolute atomic E-state index is 12.7. The Morgan fingerprint density at radius 1 is 1.18 bits per heavy atom. The quantitative estimate of drug-likeness (QED) is 0.592. The average molecular weight is 388 g/mol. The van der Waals surface area contributed by atoms with Crippen molar-refractivity contribution in [2.24, 2.45) is 0 Å². The van der Waals surface area contributed by atoms with Gasteiger partial charge in [-0.1, -0.05) is 32.8 Å². The molecule has 6 nitrogen and oxygen atoms in total. The van der Waals surface area contributed by atoms with E-state index in [1.54, 1.807) is 23.4 Å². The Morgan fingerprint density at radius 3 is 2.36 bits per heavy atom. The molecular weight excluding hydrogens is 354 g/mol. The lowest BCUT2D eigenvalue weighted by Crippen LogP contribution is -2.35. The number of ketones is 1. The third-order valence-corrected chi connectivity index (χ3v) is 5.21. The molecule has 0 spiro atoms. The van der Waals surface area contributed by atoms with E-state index in [0.29, 0.717) is 6.54 Å². The second kappa shape index (κ2) is 11.0. The highest BCUT2D eigenvalue weighted by molar-refractivity contribution is 6.08. The largest absolute Gasteiger partial charge is 0.503 e. The van der Waals surface area contributed by atoms with Crippen molar-refractivity contribution in [3.05, 3.63) is 41.4 Å². The van der Waals surface area contributed by atoms with Crippen molar-refractivity contribution >= 4 is 11.7 Å². The minimum absolute atomic E-state index is 0.173. The Hall–Kier alpha value is -2.21. The summed E-state index contributed by atoms with van der Waals surface area (Å²) < 4.78 is 0. The lowest BCUT2D eigenvalue weighted by molar-refractivity contribution is -0.129. The van der Waals surface area contributed by atoms with Gasteiger partial charge in [0, 0.05) is 18.9 Å². The van der Waals surface area contributed by atoms with Gasteiger partial charge in [0.25, 0.3) is 5.91 Å². The molecule has 6 heteroatoms. The van der Waals surface area contributed by atoms with Gasteiger partial charge in [0.1, 0.15) is 0 Å². The van der Waals surface area contributed by atoms with Crippen LogP contribution in [0.15, 0.2) is 35.9 Å². The van der Waals surface area contributed by atoms with E-state index in [-0.39, 0.29) is 11.4 Å². The van der Waals surface area contributed by atoms with Gasteiger partial charge in [-0.05, 0) is 57.5 Å². The van der Waals surface area contributed by atoms with Gasteiger partial charge >= 0.3 is 0 Å². The van der Waals surface area contributed by atoms with Crippen LogP contribution in [0.4, 0.5) is 0 Å². The topological polar surface area (TPSA) is 73.7 Å². The Bertz CT molecular complexity index is 680. The molecule has 1 aromatic rings. The smallest absolute Gasteiger partial charge is 0.290 e. The number of nitrogens with zero attached hydrogens (tertiary/aromatic N) is 3. The highest BCUT2D eigenvalue weighted by Gasteiger charge is 2.42. The molecule has 28 heavy (non-hydrogen) atoms. The molecule has 0 saturated heterocycles. The number of hydrogen-bond acceptors (Lipinski definition) is 5. The zero-order valence-electron chi connectivity index (χ0n) is 17.4. The van der Waals surface area contributed by atoms with Gasteiger partial charge in [0.15, 0.2) is 11.5 Å². The highest BCUT2D eigenvalue weighted by atomic mass is 16.3. The molecule has 1 N–H and O–H groups in total. The molecule has 0 saturated carbocycles. The molecule has 0 aromatic carbocycles. The minimum Gasteiger partial charge on any atom is -0.503 e. The maximum atomic E-state index is 12.7. The SMILES string of the molecule is CCCCN(CCCC)CCCN1C(=O)C(O)=C(C(C)=O)[C@@H]1c1cccnc1. The number of hydrogen-bond donors (Lipinski definition) is 1. The molecule has 1 aliphatic rings. The van der Waals surface area contributed by atoms with Crippen molar-refractivity contribution in [3.8, 4) is 0 Å². The third kappa shape index (κ3) is 5.41. The monoisotopic (exact) mass is 387 g/mol. The molecule has 1 amide bonds. The van der Waals surface area contributed by atoms with Crippen molar-refractivity contribution in [1.82, 2.24) is 14.8 Å². The first-order valence-electron chi connectivity index (χ1n) is 10.4. The number of Topliss-reactive ketones (excluding diaryl/α,β-unsaturated/α-hetero) is 1. The highest BCUT2D eigenvalue weighted by Crippen LogP contribution is 2.37. The first kappa shape index (κ1) is 22.1. The van der Waals surface area contributed by atoms with Crippen molar-refractivity contribution in [2.75, 3.05) is 26.2 Å². The zero-order chi connectivity index (χ0) is 20.5. The fourth-order valence-electron chi connectivity index (χ4n) is 3.69. The van der Waals surface area contributed by atoms with Crippen molar-refractivity contribution in [3.63, 3.8) is 0 Å². The third-order valence-electron chi connectivity index (χ3n) is 5.21. The summed E-state index contributed by atoms with van der Waals surface area (Å²) in [7, 11) is 0. The van der Waals surface area contributed by atoms with Gasteiger partial charge in [-0.2, -0.15) is 0 Å². The lowest BCUT2D eigenvalue weighted by atomic mass is 9.98. The first-order valence-corrected chi connectivity index (χ1v) is 10.4. The molecule has 0 fully saturated rings. The second-order valence-corrected chi connectivity index (χ2v) is 7.41. The number of unbranched alkanes of at least 4 members (excludes halogenated alkanes) is 2. The molecule has 1 aromatic heterocycles. The summed E-state index contributed by atoms with van der Waals surface area (Å²) in [6, 6.07) is 3.06. The fourth-order valence-corrected chi connectivity index (χ4v) is 3.69. The van der Waals surface area contributed by atoms with Crippen LogP contribution in [-0.4, -0.2) is 57.8 Å². The molecule has 0 bridgehead atoms. The van der Waals surface area contributed by atoms with Crippen LogP contribution in [0.2, 0.25) is 0 Å². The van der Waals surface area contributed by atoms with Crippen LogP contribution in [0.5, 0.6) is 0 Å². The summed E-state index contributed by atoms with van der Waals surface area (Å²) >= 11 is 0. The number of aromatic nitrogens is 1.